The number of rotatable bonds is 2. The summed E-state index contributed by atoms with van der Waals surface area (Å²) in [6, 6.07) is 1.34. The summed E-state index contributed by atoms with van der Waals surface area (Å²) in [4.78, 5) is 2.73. The highest BCUT2D eigenvalue weighted by Gasteiger charge is 2.38. The van der Waals surface area contributed by atoms with Gasteiger partial charge in [0.2, 0.25) is 0 Å². The molecule has 2 nitrogen and oxygen atoms in total. The van der Waals surface area contributed by atoms with E-state index in [-0.39, 0.29) is 0 Å². The Balaban J connectivity index is 1.95. The lowest BCUT2D eigenvalue weighted by Gasteiger charge is -2.49. The lowest BCUT2D eigenvalue weighted by Crippen LogP contribution is -2.61. The molecule has 2 rings (SSSR count). The van der Waals surface area contributed by atoms with Gasteiger partial charge in [-0.3, -0.25) is 4.90 Å². The van der Waals surface area contributed by atoms with Gasteiger partial charge in [0.05, 0.1) is 0 Å². The third-order valence-corrected chi connectivity index (χ3v) is 4.89. The topological polar surface area (TPSA) is 15.3 Å². The third kappa shape index (κ3) is 3.03. The first-order valence-corrected chi connectivity index (χ1v) is 7.28. The molecule has 17 heavy (non-hydrogen) atoms. The molecule has 1 N–H and O–H groups in total. The first kappa shape index (κ1) is 13.4. The number of hydrogen-bond acceptors (Lipinski definition) is 2. The average molecular weight is 238 g/mol. The monoisotopic (exact) mass is 238 g/mol. The zero-order valence-electron chi connectivity index (χ0n) is 12.3. The van der Waals surface area contributed by atoms with E-state index in [1.807, 2.05) is 0 Å². The van der Waals surface area contributed by atoms with Gasteiger partial charge >= 0.3 is 0 Å². The first-order valence-electron chi connectivity index (χ1n) is 7.28. The van der Waals surface area contributed by atoms with Crippen LogP contribution < -0.4 is 5.32 Å². The first-order chi connectivity index (χ1) is 7.80. The molecule has 1 aliphatic carbocycles. The van der Waals surface area contributed by atoms with Gasteiger partial charge in [-0.25, -0.2) is 0 Å². The molecule has 2 atom stereocenters. The van der Waals surface area contributed by atoms with Crippen molar-refractivity contribution < 1.29 is 0 Å². The molecule has 1 heterocycles. The van der Waals surface area contributed by atoms with Gasteiger partial charge in [0, 0.05) is 31.7 Å². The van der Waals surface area contributed by atoms with Crippen LogP contribution in [0, 0.1) is 10.8 Å². The third-order valence-electron chi connectivity index (χ3n) is 4.89. The van der Waals surface area contributed by atoms with Crippen LogP contribution in [0.4, 0.5) is 0 Å². The summed E-state index contributed by atoms with van der Waals surface area (Å²) >= 11 is 0. The summed E-state index contributed by atoms with van der Waals surface area (Å²) in [6.07, 6.45) is 4.31. The van der Waals surface area contributed by atoms with Crippen LogP contribution in [0.5, 0.6) is 0 Å². The Morgan fingerprint density at radius 2 is 1.94 bits per heavy atom. The van der Waals surface area contributed by atoms with E-state index in [1.54, 1.807) is 0 Å². The van der Waals surface area contributed by atoms with E-state index in [1.165, 1.54) is 32.4 Å². The van der Waals surface area contributed by atoms with E-state index >= 15 is 0 Å². The molecule has 0 spiro atoms. The summed E-state index contributed by atoms with van der Waals surface area (Å²) in [5.41, 5.74) is 0.993. The van der Waals surface area contributed by atoms with E-state index < -0.39 is 0 Å². The maximum Gasteiger partial charge on any atom is 0.0244 e. The smallest absolute Gasteiger partial charge is 0.0244 e. The molecule has 2 heteroatoms. The number of hydrogen-bond donors (Lipinski definition) is 1. The minimum Gasteiger partial charge on any atom is -0.311 e. The Morgan fingerprint density at radius 1 is 1.29 bits per heavy atom. The summed E-state index contributed by atoms with van der Waals surface area (Å²) < 4.78 is 0. The van der Waals surface area contributed by atoms with E-state index in [0.29, 0.717) is 22.9 Å². The second-order valence-electron chi connectivity index (χ2n) is 7.77. The van der Waals surface area contributed by atoms with Gasteiger partial charge < -0.3 is 5.32 Å². The van der Waals surface area contributed by atoms with E-state index in [2.05, 4.69) is 44.8 Å². The van der Waals surface area contributed by atoms with Crippen LogP contribution in [-0.2, 0) is 0 Å². The molecule has 0 aromatic carbocycles. The largest absolute Gasteiger partial charge is 0.311 e. The Bertz CT molecular complexity index is 263. The van der Waals surface area contributed by atoms with Gasteiger partial charge in [-0.15, -0.1) is 0 Å². The Morgan fingerprint density at radius 3 is 2.41 bits per heavy atom. The fourth-order valence-electron chi connectivity index (χ4n) is 3.15. The average Bonchev–Trinajstić information content (AvgIpc) is 2.17. The Labute approximate surface area is 107 Å². The molecule has 0 aromatic rings. The number of nitrogens with one attached hydrogen (secondary N) is 1. The standard InChI is InChI=1S/C15H30N2/c1-12-9-16-13(14(2,3)4)10-17(12)11-15(5)7-6-8-15/h12-13,16H,6-11H2,1-5H3. The van der Waals surface area contributed by atoms with E-state index in [0.717, 1.165) is 6.54 Å². The van der Waals surface area contributed by atoms with Crippen molar-refractivity contribution in [1.82, 2.24) is 10.2 Å². The van der Waals surface area contributed by atoms with Crippen LogP contribution in [0.1, 0.15) is 53.9 Å². The lowest BCUT2D eigenvalue weighted by molar-refractivity contribution is 0.0244. The van der Waals surface area contributed by atoms with E-state index in [9.17, 15) is 0 Å². The highest BCUT2D eigenvalue weighted by Crippen LogP contribution is 2.41. The Kier molecular flexibility index (Phi) is 3.57. The summed E-state index contributed by atoms with van der Waals surface area (Å²) in [5.74, 6) is 0. The molecule has 2 fully saturated rings. The van der Waals surface area contributed by atoms with Crippen molar-refractivity contribution in [2.24, 2.45) is 10.8 Å². The van der Waals surface area contributed by atoms with Crippen molar-refractivity contribution in [1.29, 1.82) is 0 Å². The predicted molar refractivity (Wildman–Crippen MR) is 74.2 cm³/mol. The molecular formula is C15H30N2. The highest BCUT2D eigenvalue weighted by atomic mass is 15.2. The summed E-state index contributed by atoms with van der Waals surface area (Å²) in [7, 11) is 0. The van der Waals surface area contributed by atoms with Crippen molar-refractivity contribution in [3.8, 4) is 0 Å². The molecule has 0 radical (unpaired) electrons. The SMILES string of the molecule is CC1CNC(C(C)(C)C)CN1CC1(C)CCC1. The van der Waals surface area contributed by atoms with Gasteiger partial charge in [-0.2, -0.15) is 0 Å². The van der Waals surface area contributed by atoms with Gasteiger partial charge in [0.1, 0.15) is 0 Å². The van der Waals surface area contributed by atoms with Crippen LogP contribution >= 0.6 is 0 Å². The maximum absolute atomic E-state index is 3.72. The summed E-state index contributed by atoms with van der Waals surface area (Å²) in [5, 5.41) is 3.72. The van der Waals surface area contributed by atoms with Crippen LogP contribution in [0.3, 0.4) is 0 Å². The second kappa shape index (κ2) is 4.55. The molecule has 0 bridgehead atoms. The number of piperazine rings is 1. The quantitative estimate of drug-likeness (QED) is 0.796. The van der Waals surface area contributed by atoms with Crippen molar-refractivity contribution in [3.05, 3.63) is 0 Å². The van der Waals surface area contributed by atoms with Gasteiger partial charge in [-0.1, -0.05) is 34.1 Å². The molecule has 0 aromatic heterocycles. The maximum atomic E-state index is 3.72. The minimum absolute atomic E-state index is 0.374. The Hall–Kier alpha value is -0.0800. The van der Waals surface area contributed by atoms with Crippen molar-refractivity contribution in [3.63, 3.8) is 0 Å². The van der Waals surface area contributed by atoms with Crippen molar-refractivity contribution in [2.45, 2.75) is 66.0 Å². The number of nitrogens with zero attached hydrogens (tertiary/aromatic N) is 1. The molecule has 100 valence electrons. The van der Waals surface area contributed by atoms with Crippen LogP contribution in [-0.4, -0.2) is 36.6 Å². The molecule has 2 aliphatic rings. The summed E-state index contributed by atoms with van der Waals surface area (Å²) in [6.45, 7) is 15.6. The molecule has 1 aliphatic heterocycles. The van der Waals surface area contributed by atoms with Crippen LogP contribution in [0.25, 0.3) is 0 Å². The lowest BCUT2D eigenvalue weighted by atomic mass is 9.69. The van der Waals surface area contributed by atoms with E-state index in [4.69, 9.17) is 0 Å². The molecule has 1 saturated carbocycles. The van der Waals surface area contributed by atoms with Crippen LogP contribution in [0.2, 0.25) is 0 Å². The highest BCUT2D eigenvalue weighted by molar-refractivity contribution is 4.94. The fraction of sp³-hybridized carbons (Fsp3) is 1.00. The van der Waals surface area contributed by atoms with Gasteiger partial charge in [-0.05, 0) is 30.6 Å². The van der Waals surface area contributed by atoms with Gasteiger partial charge in [0.15, 0.2) is 0 Å². The van der Waals surface area contributed by atoms with Crippen LogP contribution in [0.15, 0.2) is 0 Å². The molecule has 2 unspecified atom stereocenters. The predicted octanol–water partition coefficient (Wildman–Crippen LogP) is 2.89. The molecule has 0 amide bonds. The molecular weight excluding hydrogens is 208 g/mol. The van der Waals surface area contributed by atoms with Crippen molar-refractivity contribution in [2.75, 3.05) is 19.6 Å². The zero-order chi connectivity index (χ0) is 12.7. The second-order valence-corrected chi connectivity index (χ2v) is 7.77. The van der Waals surface area contributed by atoms with Crippen molar-refractivity contribution >= 4 is 0 Å². The molecule has 1 saturated heterocycles. The zero-order valence-corrected chi connectivity index (χ0v) is 12.3. The normalized spacial score (nSPS) is 34.4. The van der Waals surface area contributed by atoms with Gasteiger partial charge in [0.25, 0.3) is 0 Å². The fourth-order valence-corrected chi connectivity index (χ4v) is 3.15. The minimum atomic E-state index is 0.374.